The highest BCUT2D eigenvalue weighted by Gasteiger charge is 2.18. The third kappa shape index (κ3) is 3.19. The summed E-state index contributed by atoms with van der Waals surface area (Å²) >= 11 is 0. The molecule has 4 N–H and O–H groups in total. The molecule has 0 aliphatic heterocycles. The van der Waals surface area contributed by atoms with Gasteiger partial charge in [-0.2, -0.15) is 0 Å². The van der Waals surface area contributed by atoms with Crippen LogP contribution in [0.3, 0.4) is 0 Å². The fourth-order valence-electron chi connectivity index (χ4n) is 1.99. The van der Waals surface area contributed by atoms with E-state index in [0.717, 1.165) is 23.3 Å². The Morgan fingerprint density at radius 2 is 2.18 bits per heavy atom. The van der Waals surface area contributed by atoms with Gasteiger partial charge in [0.15, 0.2) is 0 Å². The van der Waals surface area contributed by atoms with Gasteiger partial charge >= 0.3 is 0 Å². The summed E-state index contributed by atoms with van der Waals surface area (Å²) in [5.41, 5.74) is 7.66. The van der Waals surface area contributed by atoms with Crippen molar-refractivity contribution in [3.05, 3.63) is 29.3 Å². The lowest BCUT2D eigenvalue weighted by Gasteiger charge is -2.22. The zero-order valence-corrected chi connectivity index (χ0v) is 10.7. The van der Waals surface area contributed by atoms with Crippen LogP contribution in [0.2, 0.25) is 0 Å². The van der Waals surface area contributed by atoms with Crippen molar-refractivity contribution < 1.29 is 9.84 Å². The number of nitrogens with one attached hydrogen (secondary N) is 1. The lowest BCUT2D eigenvalue weighted by molar-refractivity contribution is 0.139. The van der Waals surface area contributed by atoms with Gasteiger partial charge in [0.25, 0.3) is 0 Å². The fraction of sp³-hybridized carbons (Fsp3) is 0.538. The summed E-state index contributed by atoms with van der Waals surface area (Å²) in [7, 11) is 3.48. The smallest absolute Gasteiger partial charge is 0.122 e. The molecule has 0 aromatic heterocycles. The number of benzene rings is 1. The number of aryl methyl sites for hydroxylation is 1. The molecule has 2 atom stereocenters. The molecule has 0 spiro atoms. The second-order valence-corrected chi connectivity index (χ2v) is 3.99. The Kier molecular flexibility index (Phi) is 5.41. The average molecular weight is 238 g/mol. The van der Waals surface area contributed by atoms with Crippen molar-refractivity contribution in [1.29, 1.82) is 0 Å². The molecule has 0 saturated heterocycles. The first-order chi connectivity index (χ1) is 8.17. The van der Waals surface area contributed by atoms with Crippen molar-refractivity contribution in [2.45, 2.75) is 25.5 Å². The van der Waals surface area contributed by atoms with Gasteiger partial charge < -0.3 is 20.9 Å². The Morgan fingerprint density at radius 3 is 2.65 bits per heavy atom. The highest BCUT2D eigenvalue weighted by atomic mass is 16.5. The largest absolute Gasteiger partial charge is 0.496 e. The maximum atomic E-state index is 9.84. The molecule has 0 fully saturated rings. The first-order valence-corrected chi connectivity index (χ1v) is 5.90. The molecule has 0 saturated carbocycles. The van der Waals surface area contributed by atoms with Crippen LogP contribution in [0, 0.1) is 0 Å². The molecule has 1 aromatic rings. The van der Waals surface area contributed by atoms with Gasteiger partial charge in [-0.25, -0.2) is 0 Å². The molecule has 17 heavy (non-hydrogen) atoms. The molecule has 0 bridgehead atoms. The lowest BCUT2D eigenvalue weighted by atomic mass is 9.98. The molecule has 0 heterocycles. The van der Waals surface area contributed by atoms with E-state index in [0.29, 0.717) is 0 Å². The summed E-state index contributed by atoms with van der Waals surface area (Å²) in [4.78, 5) is 0. The maximum absolute atomic E-state index is 9.84. The minimum atomic E-state index is -0.585. The van der Waals surface area contributed by atoms with E-state index in [2.05, 4.69) is 18.3 Å². The van der Waals surface area contributed by atoms with E-state index in [4.69, 9.17) is 10.5 Å². The molecule has 4 heteroatoms. The Balaban J connectivity index is 3.04. The van der Waals surface area contributed by atoms with E-state index in [1.54, 1.807) is 7.11 Å². The second-order valence-electron chi connectivity index (χ2n) is 3.99. The zero-order valence-electron chi connectivity index (χ0n) is 10.7. The molecule has 1 aromatic carbocycles. The van der Waals surface area contributed by atoms with E-state index in [1.165, 1.54) is 0 Å². The van der Waals surface area contributed by atoms with Crippen LogP contribution < -0.4 is 15.8 Å². The monoisotopic (exact) mass is 238 g/mol. The molecule has 96 valence electrons. The molecule has 1 rings (SSSR count). The number of hydrogen-bond acceptors (Lipinski definition) is 4. The van der Waals surface area contributed by atoms with Gasteiger partial charge in [0.2, 0.25) is 0 Å². The molecule has 0 aliphatic carbocycles. The first kappa shape index (κ1) is 14.0. The quantitative estimate of drug-likeness (QED) is 0.687. The summed E-state index contributed by atoms with van der Waals surface area (Å²) < 4.78 is 5.28. The highest BCUT2D eigenvalue weighted by molar-refractivity contribution is 5.38. The van der Waals surface area contributed by atoms with Crippen molar-refractivity contribution in [3.63, 3.8) is 0 Å². The Morgan fingerprint density at radius 1 is 1.47 bits per heavy atom. The van der Waals surface area contributed by atoms with Gasteiger partial charge in [0, 0.05) is 6.54 Å². The summed E-state index contributed by atoms with van der Waals surface area (Å²) in [6.45, 7) is 2.31. The molecule has 0 aliphatic rings. The SMILES string of the molecule is CCc1cc(C(NC)C(O)CN)ccc1OC. The van der Waals surface area contributed by atoms with Crippen LogP contribution >= 0.6 is 0 Å². The van der Waals surface area contributed by atoms with Gasteiger partial charge in [-0.1, -0.05) is 19.1 Å². The normalized spacial score (nSPS) is 14.4. The summed E-state index contributed by atoms with van der Waals surface area (Å²) in [6.07, 6.45) is 0.310. The Hall–Kier alpha value is -1.10. The number of methoxy groups -OCH3 is 1. The van der Waals surface area contributed by atoms with Crippen LogP contribution in [0.1, 0.15) is 24.1 Å². The molecule has 0 radical (unpaired) electrons. The van der Waals surface area contributed by atoms with E-state index < -0.39 is 6.10 Å². The fourth-order valence-corrected chi connectivity index (χ4v) is 1.99. The number of rotatable bonds is 6. The molecular weight excluding hydrogens is 216 g/mol. The molecular formula is C13H22N2O2. The van der Waals surface area contributed by atoms with Crippen LogP contribution in [-0.4, -0.2) is 31.9 Å². The standard InChI is InChI=1S/C13H22N2O2/c1-4-9-7-10(5-6-12(9)17-3)13(15-2)11(16)8-14/h5-7,11,13,15-16H,4,8,14H2,1-3H3. The molecule has 0 amide bonds. The van der Waals surface area contributed by atoms with E-state index in [-0.39, 0.29) is 12.6 Å². The average Bonchev–Trinajstić information content (AvgIpc) is 2.38. The van der Waals surface area contributed by atoms with Crippen molar-refractivity contribution >= 4 is 0 Å². The van der Waals surface area contributed by atoms with E-state index in [9.17, 15) is 5.11 Å². The lowest BCUT2D eigenvalue weighted by Crippen LogP contribution is -2.35. The minimum Gasteiger partial charge on any atom is -0.496 e. The number of aliphatic hydroxyl groups excluding tert-OH is 1. The Labute approximate surface area is 103 Å². The topological polar surface area (TPSA) is 67.5 Å². The highest BCUT2D eigenvalue weighted by Crippen LogP contribution is 2.25. The third-order valence-corrected chi connectivity index (χ3v) is 2.98. The number of nitrogens with two attached hydrogens (primary N) is 1. The minimum absolute atomic E-state index is 0.142. The zero-order chi connectivity index (χ0) is 12.8. The van der Waals surface area contributed by atoms with Crippen LogP contribution in [0.15, 0.2) is 18.2 Å². The van der Waals surface area contributed by atoms with E-state index >= 15 is 0 Å². The van der Waals surface area contributed by atoms with Crippen LogP contribution in [-0.2, 0) is 6.42 Å². The van der Waals surface area contributed by atoms with Gasteiger partial charge in [0.05, 0.1) is 19.3 Å². The van der Waals surface area contributed by atoms with Crippen LogP contribution in [0.25, 0.3) is 0 Å². The van der Waals surface area contributed by atoms with Gasteiger partial charge in [0.1, 0.15) is 5.75 Å². The second kappa shape index (κ2) is 6.59. The van der Waals surface area contributed by atoms with Gasteiger partial charge in [-0.15, -0.1) is 0 Å². The van der Waals surface area contributed by atoms with Crippen molar-refractivity contribution in [2.24, 2.45) is 5.73 Å². The predicted octanol–water partition coefficient (Wildman–Crippen LogP) is 0.838. The number of aliphatic hydroxyl groups is 1. The summed E-state index contributed by atoms with van der Waals surface area (Å²) in [5, 5.41) is 12.9. The van der Waals surface area contributed by atoms with Gasteiger partial charge in [-0.3, -0.25) is 0 Å². The molecule has 4 nitrogen and oxygen atoms in total. The van der Waals surface area contributed by atoms with E-state index in [1.807, 2.05) is 19.2 Å². The number of likely N-dealkylation sites (N-methyl/N-ethyl adjacent to an activating group) is 1. The number of ether oxygens (including phenoxy) is 1. The van der Waals surface area contributed by atoms with Crippen LogP contribution in [0.5, 0.6) is 5.75 Å². The first-order valence-electron chi connectivity index (χ1n) is 5.90. The van der Waals surface area contributed by atoms with Crippen molar-refractivity contribution in [1.82, 2.24) is 5.32 Å². The maximum Gasteiger partial charge on any atom is 0.122 e. The third-order valence-electron chi connectivity index (χ3n) is 2.98. The number of hydrogen-bond donors (Lipinski definition) is 3. The van der Waals surface area contributed by atoms with Gasteiger partial charge in [-0.05, 0) is 30.7 Å². The summed E-state index contributed by atoms with van der Waals surface area (Å²) in [5.74, 6) is 0.883. The van der Waals surface area contributed by atoms with Crippen LogP contribution in [0.4, 0.5) is 0 Å². The molecule has 2 unspecified atom stereocenters. The van der Waals surface area contributed by atoms with Crippen molar-refractivity contribution in [2.75, 3.05) is 20.7 Å². The van der Waals surface area contributed by atoms with Crippen molar-refractivity contribution in [3.8, 4) is 5.75 Å². The summed E-state index contributed by atoms with van der Waals surface area (Å²) in [6, 6.07) is 5.80. The predicted molar refractivity (Wildman–Crippen MR) is 69.2 cm³/mol. The Bertz CT molecular complexity index is 355.